The highest BCUT2D eigenvalue weighted by molar-refractivity contribution is 6.00. The number of carbonyl (C=O) groups excluding carboxylic acids is 1. The number of hydrazone groups is 1. The molecule has 0 spiro atoms. The molecule has 3 nitrogen and oxygen atoms in total. The zero-order chi connectivity index (χ0) is 13.5. The van der Waals surface area contributed by atoms with Crippen LogP contribution in [0.5, 0.6) is 0 Å². The van der Waals surface area contributed by atoms with E-state index in [4.69, 9.17) is 0 Å². The fourth-order valence-corrected chi connectivity index (χ4v) is 2.56. The third-order valence-electron chi connectivity index (χ3n) is 3.72. The third kappa shape index (κ3) is 3.91. The molecule has 0 saturated heterocycles. The van der Waals surface area contributed by atoms with Crippen molar-refractivity contribution in [2.45, 2.75) is 45.4 Å². The summed E-state index contributed by atoms with van der Waals surface area (Å²) >= 11 is 0. The quantitative estimate of drug-likeness (QED) is 0.652. The van der Waals surface area contributed by atoms with Gasteiger partial charge >= 0.3 is 0 Å². The van der Waals surface area contributed by atoms with Gasteiger partial charge in [-0.15, -0.1) is 0 Å². The summed E-state index contributed by atoms with van der Waals surface area (Å²) < 4.78 is 0. The molecule has 3 heteroatoms. The number of amides is 1. The average Bonchev–Trinajstić information content (AvgIpc) is 2.49. The van der Waals surface area contributed by atoms with Crippen LogP contribution in [0.1, 0.15) is 51.0 Å². The van der Waals surface area contributed by atoms with Crippen LogP contribution < -0.4 is 5.43 Å². The van der Waals surface area contributed by atoms with Crippen molar-refractivity contribution in [2.75, 3.05) is 0 Å². The van der Waals surface area contributed by atoms with E-state index >= 15 is 0 Å². The minimum absolute atomic E-state index is 0.0848. The lowest BCUT2D eigenvalue weighted by molar-refractivity contribution is -0.125. The van der Waals surface area contributed by atoms with Gasteiger partial charge in [-0.05, 0) is 24.8 Å². The van der Waals surface area contributed by atoms with Crippen LogP contribution in [-0.2, 0) is 4.79 Å². The van der Waals surface area contributed by atoms with E-state index in [1.165, 1.54) is 19.3 Å². The molecule has 0 unspecified atom stereocenters. The normalized spacial score (nSPS) is 17.2. The number of nitrogens with zero attached hydrogens (tertiary/aromatic N) is 1. The van der Waals surface area contributed by atoms with Gasteiger partial charge < -0.3 is 0 Å². The fraction of sp³-hybridized carbons (Fsp3) is 0.500. The Morgan fingerprint density at radius 3 is 2.53 bits per heavy atom. The van der Waals surface area contributed by atoms with Crippen LogP contribution >= 0.6 is 0 Å². The van der Waals surface area contributed by atoms with Gasteiger partial charge in [-0.1, -0.05) is 56.5 Å². The Hall–Kier alpha value is -1.64. The first kappa shape index (κ1) is 13.8. The number of carbonyl (C=O) groups is 1. The first-order valence-electron chi connectivity index (χ1n) is 7.23. The van der Waals surface area contributed by atoms with E-state index in [0.717, 1.165) is 30.5 Å². The molecule has 0 aliphatic heterocycles. The Labute approximate surface area is 115 Å². The van der Waals surface area contributed by atoms with Crippen molar-refractivity contribution in [3.63, 3.8) is 0 Å². The molecule has 0 bridgehead atoms. The van der Waals surface area contributed by atoms with Crippen LogP contribution in [0, 0.1) is 5.92 Å². The van der Waals surface area contributed by atoms with E-state index < -0.39 is 0 Å². The molecule has 1 aromatic rings. The van der Waals surface area contributed by atoms with Crippen molar-refractivity contribution in [3.8, 4) is 0 Å². The van der Waals surface area contributed by atoms with E-state index in [-0.39, 0.29) is 11.8 Å². The first-order chi connectivity index (χ1) is 9.31. The zero-order valence-electron chi connectivity index (χ0n) is 11.6. The van der Waals surface area contributed by atoms with Crippen molar-refractivity contribution in [2.24, 2.45) is 11.0 Å². The van der Waals surface area contributed by atoms with Crippen LogP contribution in [0.3, 0.4) is 0 Å². The minimum atomic E-state index is 0.0848. The largest absolute Gasteiger partial charge is 0.273 e. The second kappa shape index (κ2) is 7.07. The van der Waals surface area contributed by atoms with Crippen molar-refractivity contribution >= 4 is 11.6 Å². The standard InChI is InChI=1S/C16H22N2O/c1-2-15(13-9-5-3-6-10-13)17-18-16(19)14-11-7-4-8-12-14/h3,5-6,9-10,14H,2,4,7-8,11-12H2,1H3,(H,18,19)/b17-15-. The molecular formula is C16H22N2O. The van der Waals surface area contributed by atoms with Crippen molar-refractivity contribution in [1.82, 2.24) is 5.43 Å². The Balaban J connectivity index is 1.97. The van der Waals surface area contributed by atoms with Gasteiger partial charge in [-0.2, -0.15) is 5.10 Å². The summed E-state index contributed by atoms with van der Waals surface area (Å²) in [5, 5.41) is 4.30. The van der Waals surface area contributed by atoms with Gasteiger partial charge in [0.25, 0.3) is 0 Å². The maximum absolute atomic E-state index is 12.0. The Bertz CT molecular complexity index is 433. The van der Waals surface area contributed by atoms with E-state index in [2.05, 4.69) is 17.5 Å². The van der Waals surface area contributed by atoms with E-state index in [1.807, 2.05) is 30.3 Å². The summed E-state index contributed by atoms with van der Waals surface area (Å²) in [6.45, 7) is 2.05. The second-order valence-corrected chi connectivity index (χ2v) is 5.09. The summed E-state index contributed by atoms with van der Waals surface area (Å²) in [5.74, 6) is 0.243. The molecule has 0 radical (unpaired) electrons. The van der Waals surface area contributed by atoms with Gasteiger partial charge in [0.1, 0.15) is 0 Å². The number of nitrogens with one attached hydrogen (secondary N) is 1. The van der Waals surface area contributed by atoms with Crippen LogP contribution in [0.4, 0.5) is 0 Å². The monoisotopic (exact) mass is 258 g/mol. The van der Waals surface area contributed by atoms with Gasteiger partial charge in [0, 0.05) is 5.92 Å². The molecule has 1 N–H and O–H groups in total. The number of rotatable bonds is 4. The van der Waals surface area contributed by atoms with Gasteiger partial charge in [0.05, 0.1) is 5.71 Å². The second-order valence-electron chi connectivity index (χ2n) is 5.09. The summed E-state index contributed by atoms with van der Waals surface area (Å²) in [7, 11) is 0. The zero-order valence-corrected chi connectivity index (χ0v) is 11.6. The van der Waals surface area contributed by atoms with Gasteiger partial charge in [0.15, 0.2) is 0 Å². The van der Waals surface area contributed by atoms with Crippen LogP contribution in [0.2, 0.25) is 0 Å². The van der Waals surface area contributed by atoms with Crippen LogP contribution in [-0.4, -0.2) is 11.6 Å². The molecule has 2 rings (SSSR count). The van der Waals surface area contributed by atoms with Crippen molar-refractivity contribution < 1.29 is 4.79 Å². The summed E-state index contributed by atoms with van der Waals surface area (Å²) in [4.78, 5) is 12.0. The lowest BCUT2D eigenvalue weighted by Crippen LogP contribution is -2.29. The predicted octanol–water partition coefficient (Wildman–Crippen LogP) is 3.50. The van der Waals surface area contributed by atoms with Gasteiger partial charge in [-0.3, -0.25) is 4.79 Å². The molecule has 1 fully saturated rings. The molecule has 1 amide bonds. The topological polar surface area (TPSA) is 41.5 Å². The Kier molecular flexibility index (Phi) is 5.13. The highest BCUT2D eigenvalue weighted by atomic mass is 16.2. The van der Waals surface area contributed by atoms with Crippen LogP contribution in [0.15, 0.2) is 35.4 Å². The third-order valence-corrected chi connectivity index (χ3v) is 3.72. The first-order valence-corrected chi connectivity index (χ1v) is 7.23. The molecule has 102 valence electrons. The Morgan fingerprint density at radius 2 is 1.89 bits per heavy atom. The van der Waals surface area contributed by atoms with E-state index in [0.29, 0.717) is 0 Å². The number of hydrogen-bond acceptors (Lipinski definition) is 2. The van der Waals surface area contributed by atoms with Crippen LogP contribution in [0.25, 0.3) is 0 Å². The minimum Gasteiger partial charge on any atom is -0.273 e. The number of hydrogen-bond donors (Lipinski definition) is 1. The lowest BCUT2D eigenvalue weighted by Gasteiger charge is -2.19. The molecule has 0 aromatic heterocycles. The number of benzene rings is 1. The molecule has 0 atom stereocenters. The SMILES string of the molecule is CC/C(=N/NC(=O)C1CCCCC1)c1ccccc1. The average molecular weight is 258 g/mol. The predicted molar refractivity (Wildman–Crippen MR) is 78.0 cm³/mol. The molecule has 19 heavy (non-hydrogen) atoms. The highest BCUT2D eigenvalue weighted by Gasteiger charge is 2.20. The molecule has 1 aliphatic rings. The van der Waals surface area contributed by atoms with Crippen molar-refractivity contribution in [3.05, 3.63) is 35.9 Å². The highest BCUT2D eigenvalue weighted by Crippen LogP contribution is 2.23. The molecular weight excluding hydrogens is 236 g/mol. The maximum Gasteiger partial charge on any atom is 0.243 e. The molecule has 0 heterocycles. The van der Waals surface area contributed by atoms with E-state index in [9.17, 15) is 4.79 Å². The Morgan fingerprint density at radius 1 is 1.21 bits per heavy atom. The van der Waals surface area contributed by atoms with Crippen molar-refractivity contribution in [1.29, 1.82) is 0 Å². The molecule has 1 saturated carbocycles. The van der Waals surface area contributed by atoms with Gasteiger partial charge in [-0.25, -0.2) is 5.43 Å². The molecule has 1 aromatic carbocycles. The van der Waals surface area contributed by atoms with E-state index in [1.54, 1.807) is 0 Å². The summed E-state index contributed by atoms with van der Waals surface area (Å²) in [6.07, 6.45) is 6.43. The maximum atomic E-state index is 12.0. The molecule has 1 aliphatic carbocycles. The lowest BCUT2D eigenvalue weighted by atomic mass is 9.89. The summed E-state index contributed by atoms with van der Waals surface area (Å²) in [6, 6.07) is 10.0. The smallest absolute Gasteiger partial charge is 0.243 e. The van der Waals surface area contributed by atoms with Gasteiger partial charge in [0.2, 0.25) is 5.91 Å². The fourth-order valence-electron chi connectivity index (χ4n) is 2.56. The summed E-state index contributed by atoms with van der Waals surface area (Å²) in [5.41, 5.74) is 4.76.